The number of hydrogen-bond donors (Lipinski definition) is 2. The van der Waals surface area contributed by atoms with Gasteiger partial charge in [0.1, 0.15) is 17.0 Å². The van der Waals surface area contributed by atoms with Crippen LogP contribution in [-0.2, 0) is 4.74 Å². The van der Waals surface area contributed by atoms with Crippen molar-refractivity contribution < 1.29 is 27.8 Å². The van der Waals surface area contributed by atoms with E-state index in [1.807, 2.05) is 25.7 Å². The lowest BCUT2D eigenvalue weighted by molar-refractivity contribution is 0.0297. The van der Waals surface area contributed by atoms with Gasteiger partial charge in [-0.3, -0.25) is 9.78 Å². The number of fused-ring (bicyclic) bond motifs is 3. The molecule has 5 heterocycles. The van der Waals surface area contributed by atoms with Gasteiger partial charge in [-0.15, -0.1) is 0 Å². The summed E-state index contributed by atoms with van der Waals surface area (Å²) < 4.78 is 41.6. The van der Waals surface area contributed by atoms with Crippen molar-refractivity contribution in [2.45, 2.75) is 51.4 Å². The molecule has 2 fully saturated rings. The van der Waals surface area contributed by atoms with Crippen LogP contribution in [0, 0.1) is 11.6 Å². The van der Waals surface area contributed by atoms with Crippen LogP contribution >= 0.6 is 0 Å². The maximum atomic E-state index is 15.4. The molecule has 3 amide bonds. The second-order valence-corrected chi connectivity index (χ2v) is 11.2. The molecule has 2 atom stereocenters. The number of halogens is 2. The molecule has 1 aromatic carbocycles. The monoisotopic (exact) mass is 579 g/mol. The molecule has 11 nitrogen and oxygen atoms in total. The molecule has 42 heavy (non-hydrogen) atoms. The maximum absolute atomic E-state index is 15.4. The van der Waals surface area contributed by atoms with E-state index >= 15 is 4.39 Å². The number of aromatic nitrogens is 3. The Morgan fingerprint density at radius 3 is 2.45 bits per heavy atom. The Hall–Kier alpha value is -4.39. The Kier molecular flexibility index (Phi) is 7.13. The number of amides is 3. The fourth-order valence-corrected chi connectivity index (χ4v) is 5.58. The Morgan fingerprint density at radius 2 is 1.79 bits per heavy atom. The number of morpholine rings is 1. The van der Waals surface area contributed by atoms with Gasteiger partial charge in [0.05, 0.1) is 42.0 Å². The fourth-order valence-electron chi connectivity index (χ4n) is 5.58. The van der Waals surface area contributed by atoms with Crippen LogP contribution in [0.4, 0.5) is 30.9 Å². The molecule has 6 rings (SSSR count). The molecular weight excluding hydrogens is 548 g/mol. The predicted molar refractivity (Wildman–Crippen MR) is 151 cm³/mol. The first kappa shape index (κ1) is 27.8. The third kappa shape index (κ3) is 5.43. The SMILES string of the molecule is CCN1CC(C)(C)Oc2nc(N3CC4CCC(C3)O4)nc(-c3ccc(NC(=O)Nc4ccncc4F)c(F)c3)c2C1=O. The first-order valence-electron chi connectivity index (χ1n) is 13.9. The van der Waals surface area contributed by atoms with E-state index in [9.17, 15) is 14.0 Å². The smallest absolute Gasteiger partial charge is 0.323 e. The van der Waals surface area contributed by atoms with Gasteiger partial charge < -0.3 is 29.9 Å². The average molecular weight is 580 g/mol. The van der Waals surface area contributed by atoms with E-state index in [1.165, 1.54) is 24.4 Å². The number of carbonyl (C=O) groups excluding carboxylic acids is 2. The summed E-state index contributed by atoms with van der Waals surface area (Å²) in [5, 5.41) is 4.71. The van der Waals surface area contributed by atoms with Crippen molar-refractivity contribution in [3.63, 3.8) is 0 Å². The highest BCUT2D eigenvalue weighted by atomic mass is 19.1. The number of likely N-dealkylation sites (N-methyl/N-ethyl adjacent to an activating group) is 1. The Morgan fingerprint density at radius 1 is 1.07 bits per heavy atom. The Bertz CT molecular complexity index is 1540. The standard InChI is InChI=1S/C29H31F2N7O4/c1-4-37-15-29(2,3)42-25-23(26(37)39)24(35-27(36-25)38-13-17-6-7-18(14-38)41-17)16-5-8-21(19(30)11-16)33-28(40)34-22-9-10-32-12-20(22)31/h5,8-12,17-18H,4,6-7,13-15H2,1-3H3,(H2,32,33,34,40). The first-order valence-corrected chi connectivity index (χ1v) is 13.9. The summed E-state index contributed by atoms with van der Waals surface area (Å²) in [5.74, 6) is -1.30. The number of nitrogens with one attached hydrogen (secondary N) is 2. The topological polar surface area (TPSA) is 122 Å². The molecule has 13 heteroatoms. The lowest BCUT2D eigenvalue weighted by atomic mass is 10.0. The van der Waals surface area contributed by atoms with Crippen molar-refractivity contribution >= 4 is 29.3 Å². The van der Waals surface area contributed by atoms with Crippen molar-refractivity contribution in [3.05, 3.63) is 53.9 Å². The molecule has 2 saturated heterocycles. The van der Waals surface area contributed by atoms with Gasteiger partial charge in [0.25, 0.3) is 5.91 Å². The van der Waals surface area contributed by atoms with Crippen LogP contribution in [0.25, 0.3) is 11.3 Å². The van der Waals surface area contributed by atoms with Crippen LogP contribution in [0.15, 0.2) is 36.7 Å². The third-order valence-corrected chi connectivity index (χ3v) is 7.53. The van der Waals surface area contributed by atoms with E-state index in [0.717, 1.165) is 19.0 Å². The van der Waals surface area contributed by atoms with Crippen molar-refractivity contribution in [1.82, 2.24) is 19.9 Å². The number of rotatable bonds is 5. The highest BCUT2D eigenvalue weighted by Gasteiger charge is 2.39. The van der Waals surface area contributed by atoms with Crippen LogP contribution in [-0.4, -0.2) is 75.8 Å². The molecule has 0 saturated carbocycles. The van der Waals surface area contributed by atoms with Gasteiger partial charge in [0.15, 0.2) is 5.82 Å². The van der Waals surface area contributed by atoms with Crippen LogP contribution in [0.2, 0.25) is 0 Å². The number of nitrogens with zero attached hydrogens (tertiary/aromatic N) is 5. The zero-order valence-electron chi connectivity index (χ0n) is 23.5. The maximum Gasteiger partial charge on any atom is 0.323 e. The van der Waals surface area contributed by atoms with Gasteiger partial charge in [-0.2, -0.15) is 4.98 Å². The minimum atomic E-state index is -0.837. The number of hydrogen-bond acceptors (Lipinski definition) is 8. The van der Waals surface area contributed by atoms with E-state index in [4.69, 9.17) is 19.4 Å². The molecular formula is C29H31F2N7O4. The van der Waals surface area contributed by atoms with E-state index in [2.05, 4.69) is 15.6 Å². The quantitative estimate of drug-likeness (QED) is 0.455. The van der Waals surface area contributed by atoms with E-state index in [0.29, 0.717) is 37.7 Å². The second-order valence-electron chi connectivity index (χ2n) is 11.2. The fraction of sp³-hybridized carbons (Fsp3) is 0.414. The molecule has 0 aliphatic carbocycles. The highest BCUT2D eigenvalue weighted by Crippen LogP contribution is 2.38. The molecule has 2 aromatic heterocycles. The number of urea groups is 1. The number of benzene rings is 1. The predicted octanol–water partition coefficient (Wildman–Crippen LogP) is 4.46. The summed E-state index contributed by atoms with van der Waals surface area (Å²) in [6, 6.07) is 4.56. The van der Waals surface area contributed by atoms with Gasteiger partial charge in [0, 0.05) is 31.4 Å². The second kappa shape index (κ2) is 10.8. The van der Waals surface area contributed by atoms with Crippen molar-refractivity contribution in [2.75, 3.05) is 41.7 Å². The minimum absolute atomic E-state index is 0.0683. The number of carbonyl (C=O) groups is 2. The summed E-state index contributed by atoms with van der Waals surface area (Å²) in [4.78, 5) is 43.1. The van der Waals surface area contributed by atoms with Crippen LogP contribution < -0.4 is 20.3 Å². The Labute approximate surface area is 241 Å². The average Bonchev–Trinajstić information content (AvgIpc) is 3.24. The van der Waals surface area contributed by atoms with Crippen molar-refractivity contribution in [2.24, 2.45) is 0 Å². The molecule has 2 bridgehead atoms. The number of ether oxygens (including phenoxy) is 2. The van der Waals surface area contributed by atoms with Gasteiger partial charge >= 0.3 is 6.03 Å². The first-order chi connectivity index (χ1) is 20.1. The van der Waals surface area contributed by atoms with Crippen LogP contribution in [0.1, 0.15) is 44.0 Å². The van der Waals surface area contributed by atoms with Gasteiger partial charge in [-0.05, 0) is 51.8 Å². The van der Waals surface area contributed by atoms with E-state index in [1.54, 1.807) is 11.0 Å². The zero-order valence-corrected chi connectivity index (χ0v) is 23.5. The van der Waals surface area contributed by atoms with Crippen molar-refractivity contribution in [1.29, 1.82) is 0 Å². The van der Waals surface area contributed by atoms with Gasteiger partial charge in [0.2, 0.25) is 11.8 Å². The summed E-state index contributed by atoms with van der Waals surface area (Å²) in [6.45, 7) is 7.60. The molecule has 3 aromatic rings. The van der Waals surface area contributed by atoms with Gasteiger partial charge in [-0.1, -0.05) is 6.07 Å². The highest BCUT2D eigenvalue weighted by molar-refractivity contribution is 6.03. The van der Waals surface area contributed by atoms with Gasteiger partial charge in [-0.25, -0.2) is 18.6 Å². The molecule has 2 unspecified atom stereocenters. The zero-order chi connectivity index (χ0) is 29.6. The van der Waals surface area contributed by atoms with Crippen LogP contribution in [0.3, 0.4) is 0 Å². The molecule has 0 radical (unpaired) electrons. The van der Waals surface area contributed by atoms with Crippen LogP contribution in [0.5, 0.6) is 5.88 Å². The summed E-state index contributed by atoms with van der Waals surface area (Å²) in [6.07, 6.45) is 4.32. The Balaban J connectivity index is 1.38. The third-order valence-electron chi connectivity index (χ3n) is 7.53. The largest absolute Gasteiger partial charge is 0.469 e. The van der Waals surface area contributed by atoms with E-state index in [-0.39, 0.29) is 46.6 Å². The van der Waals surface area contributed by atoms with Crippen molar-refractivity contribution in [3.8, 4) is 17.1 Å². The lowest BCUT2D eigenvalue weighted by Crippen LogP contribution is -2.43. The molecule has 0 spiro atoms. The van der Waals surface area contributed by atoms with E-state index < -0.39 is 23.3 Å². The number of anilines is 3. The number of pyridine rings is 1. The summed E-state index contributed by atoms with van der Waals surface area (Å²) in [7, 11) is 0. The molecule has 220 valence electrons. The normalized spacial score (nSPS) is 20.9. The molecule has 2 N–H and O–H groups in total. The summed E-state index contributed by atoms with van der Waals surface area (Å²) in [5.41, 5.74) is -0.298. The summed E-state index contributed by atoms with van der Waals surface area (Å²) >= 11 is 0. The lowest BCUT2D eigenvalue weighted by Gasteiger charge is -2.33. The minimum Gasteiger partial charge on any atom is -0.469 e. The molecule has 3 aliphatic heterocycles. The molecule has 3 aliphatic rings.